The van der Waals surface area contributed by atoms with E-state index >= 15 is 0 Å². The number of fused-ring (bicyclic) bond motifs is 2. The molecule has 9 heteroatoms. The molecule has 2 saturated heterocycles. The lowest BCUT2D eigenvalue weighted by Crippen LogP contribution is -2.62. The summed E-state index contributed by atoms with van der Waals surface area (Å²) in [4.78, 5) is 35.1. The first-order valence-electron chi connectivity index (χ1n) is 16.7. The minimum Gasteiger partial charge on any atom is -0.394 e. The van der Waals surface area contributed by atoms with E-state index < -0.39 is 24.2 Å². The van der Waals surface area contributed by atoms with Gasteiger partial charge in [-0.2, -0.15) is 5.06 Å². The second-order valence-corrected chi connectivity index (χ2v) is 14.7. The molecular formula is C36H50N4O5. The normalized spacial score (nSPS) is 33.4. The van der Waals surface area contributed by atoms with Crippen molar-refractivity contribution in [1.82, 2.24) is 20.6 Å². The van der Waals surface area contributed by atoms with Crippen molar-refractivity contribution in [2.75, 3.05) is 26.7 Å². The van der Waals surface area contributed by atoms with Crippen molar-refractivity contribution in [3.63, 3.8) is 0 Å². The Morgan fingerprint density at radius 2 is 1.84 bits per heavy atom. The number of rotatable bonds is 9. The summed E-state index contributed by atoms with van der Waals surface area (Å²) in [5, 5.41) is 29.0. The van der Waals surface area contributed by atoms with E-state index in [9.17, 15) is 19.8 Å². The standard InChI is InChI=1S/C36H50N4O5/c1-21-29-16-27(36(29,3)4)17-30(21)38-35(44)33-32(22(2)42)31(20-41)45-40(33)18-23-7-6-8-26(15-23)24-9-11-25(12-10-24)34(43)37-28-13-14-39(5)19-28/h6-12,15,21-22,27-33,41-42H,13-14,16-20H2,1-5H3,(H,37,43)(H,38,44)/t21-,22-,27-,28-,29+,30?,31-,32+,33-/m0/s1. The van der Waals surface area contributed by atoms with Gasteiger partial charge in [-0.3, -0.25) is 14.4 Å². The summed E-state index contributed by atoms with van der Waals surface area (Å²) in [6.07, 6.45) is 1.64. The van der Waals surface area contributed by atoms with E-state index in [1.165, 1.54) is 6.42 Å². The molecule has 2 bridgehead atoms. The lowest BCUT2D eigenvalue weighted by Gasteiger charge is -2.62. The fraction of sp³-hybridized carbons (Fsp3) is 0.611. The van der Waals surface area contributed by atoms with Crippen LogP contribution in [0.15, 0.2) is 48.5 Å². The molecule has 5 fully saturated rings. The summed E-state index contributed by atoms with van der Waals surface area (Å²) in [6.45, 7) is 10.5. The third-order valence-corrected chi connectivity index (χ3v) is 11.5. The Labute approximate surface area is 267 Å². The van der Waals surface area contributed by atoms with Gasteiger partial charge in [0.2, 0.25) is 5.91 Å². The van der Waals surface area contributed by atoms with Crippen LogP contribution in [0.3, 0.4) is 0 Å². The number of aliphatic hydroxyl groups excluding tert-OH is 2. The van der Waals surface area contributed by atoms with E-state index in [-0.39, 0.29) is 30.5 Å². The third kappa shape index (κ3) is 6.30. The average Bonchev–Trinajstić information content (AvgIpc) is 3.60. The van der Waals surface area contributed by atoms with Gasteiger partial charge in [-0.25, -0.2) is 0 Å². The van der Waals surface area contributed by atoms with Gasteiger partial charge >= 0.3 is 0 Å². The van der Waals surface area contributed by atoms with Crippen molar-refractivity contribution in [1.29, 1.82) is 0 Å². The summed E-state index contributed by atoms with van der Waals surface area (Å²) in [5.41, 5.74) is 3.86. The summed E-state index contributed by atoms with van der Waals surface area (Å²) in [5.74, 6) is 0.810. The molecule has 3 saturated carbocycles. The number of nitrogens with one attached hydrogen (secondary N) is 2. The van der Waals surface area contributed by atoms with Gasteiger partial charge in [0.25, 0.3) is 5.91 Å². The van der Waals surface area contributed by atoms with Gasteiger partial charge in [0, 0.05) is 30.1 Å². The number of hydrogen-bond donors (Lipinski definition) is 4. The first-order chi connectivity index (χ1) is 21.5. The van der Waals surface area contributed by atoms with Crippen molar-refractivity contribution in [3.05, 3.63) is 59.7 Å². The predicted octanol–water partition coefficient (Wildman–Crippen LogP) is 3.45. The molecule has 9 nitrogen and oxygen atoms in total. The zero-order valence-corrected chi connectivity index (χ0v) is 27.3. The second kappa shape index (κ2) is 12.8. The third-order valence-electron chi connectivity index (χ3n) is 11.5. The van der Waals surface area contributed by atoms with Crippen LogP contribution in [0.1, 0.15) is 62.9 Å². The van der Waals surface area contributed by atoms with Crippen LogP contribution in [-0.4, -0.2) is 89.1 Å². The molecule has 2 aromatic carbocycles. The lowest BCUT2D eigenvalue weighted by atomic mass is 9.45. The van der Waals surface area contributed by atoms with Gasteiger partial charge in [0.1, 0.15) is 12.1 Å². The molecule has 0 spiro atoms. The summed E-state index contributed by atoms with van der Waals surface area (Å²) in [7, 11) is 2.07. The molecular weight excluding hydrogens is 568 g/mol. The molecule has 45 heavy (non-hydrogen) atoms. The number of likely N-dealkylation sites (N-methyl/N-ethyl adjacent to an activating group) is 1. The first kappa shape index (κ1) is 32.1. The summed E-state index contributed by atoms with van der Waals surface area (Å²) in [6, 6.07) is 15.2. The van der Waals surface area contributed by atoms with Crippen LogP contribution in [0.25, 0.3) is 11.1 Å². The molecule has 2 heterocycles. The molecule has 2 amide bonds. The maximum atomic E-state index is 14.0. The van der Waals surface area contributed by atoms with Gasteiger partial charge in [-0.05, 0) is 97.8 Å². The minimum atomic E-state index is -0.837. The van der Waals surface area contributed by atoms with E-state index in [0.717, 1.165) is 42.6 Å². The zero-order chi connectivity index (χ0) is 32.0. The summed E-state index contributed by atoms with van der Waals surface area (Å²) >= 11 is 0. The Balaban J connectivity index is 1.15. The van der Waals surface area contributed by atoms with Crippen LogP contribution in [-0.2, 0) is 16.2 Å². The van der Waals surface area contributed by atoms with Crippen LogP contribution >= 0.6 is 0 Å². The van der Waals surface area contributed by atoms with Crippen LogP contribution in [0.2, 0.25) is 0 Å². The van der Waals surface area contributed by atoms with Crippen molar-refractivity contribution >= 4 is 11.8 Å². The molecule has 4 N–H and O–H groups in total. The lowest BCUT2D eigenvalue weighted by molar-refractivity contribution is -0.183. The monoisotopic (exact) mass is 618 g/mol. The zero-order valence-electron chi connectivity index (χ0n) is 27.3. The van der Waals surface area contributed by atoms with E-state index in [4.69, 9.17) is 4.84 Å². The molecule has 2 aliphatic heterocycles. The Morgan fingerprint density at radius 1 is 1.09 bits per heavy atom. The highest BCUT2D eigenvalue weighted by Crippen LogP contribution is 2.61. The molecule has 0 radical (unpaired) electrons. The van der Waals surface area contributed by atoms with E-state index in [2.05, 4.69) is 49.4 Å². The number of hydroxylamine groups is 2. The number of nitrogens with zero attached hydrogens (tertiary/aromatic N) is 2. The largest absolute Gasteiger partial charge is 0.394 e. The average molecular weight is 619 g/mol. The number of carbonyl (C=O) groups is 2. The molecule has 9 atom stereocenters. The molecule has 7 rings (SSSR count). The minimum absolute atomic E-state index is 0.0550. The second-order valence-electron chi connectivity index (χ2n) is 14.7. The highest BCUT2D eigenvalue weighted by Gasteiger charge is 2.57. The molecule has 3 aliphatic carbocycles. The maximum Gasteiger partial charge on any atom is 0.251 e. The van der Waals surface area contributed by atoms with Crippen LogP contribution < -0.4 is 10.6 Å². The Morgan fingerprint density at radius 3 is 2.47 bits per heavy atom. The van der Waals surface area contributed by atoms with Gasteiger partial charge in [0.05, 0.1) is 19.3 Å². The fourth-order valence-electron chi connectivity index (χ4n) is 8.65. The van der Waals surface area contributed by atoms with Crippen LogP contribution in [0.5, 0.6) is 0 Å². The van der Waals surface area contributed by atoms with Crippen molar-refractivity contribution in [2.24, 2.45) is 29.1 Å². The number of benzene rings is 2. The Hall–Kier alpha value is -2.82. The number of amides is 2. The number of aliphatic hydroxyl groups is 2. The molecule has 0 aromatic heterocycles. The summed E-state index contributed by atoms with van der Waals surface area (Å²) < 4.78 is 0. The quantitative estimate of drug-likeness (QED) is 0.341. The van der Waals surface area contributed by atoms with E-state index in [1.54, 1.807) is 12.0 Å². The SMILES string of the molecule is C[C@H](O)[C@@H]1[C@H](CO)ON(Cc2cccc(-c3ccc(C(=O)N[C@H]4CCN(C)C4)cc3)c2)[C@@H]1C(=O)NC1C[C@@H]2C[C@H]([C@@H]1C)C2(C)C. The molecule has 1 unspecified atom stereocenters. The van der Waals surface area contributed by atoms with Crippen molar-refractivity contribution < 1.29 is 24.6 Å². The Kier molecular flexibility index (Phi) is 9.11. The van der Waals surface area contributed by atoms with Crippen molar-refractivity contribution in [2.45, 2.75) is 83.8 Å². The predicted molar refractivity (Wildman–Crippen MR) is 173 cm³/mol. The highest BCUT2D eigenvalue weighted by molar-refractivity contribution is 5.95. The van der Waals surface area contributed by atoms with Crippen molar-refractivity contribution in [3.8, 4) is 11.1 Å². The Bertz CT molecular complexity index is 1380. The smallest absolute Gasteiger partial charge is 0.251 e. The number of likely N-dealkylation sites (tertiary alicyclic amines) is 1. The van der Waals surface area contributed by atoms with Gasteiger partial charge in [-0.1, -0.05) is 51.1 Å². The topological polar surface area (TPSA) is 114 Å². The maximum absolute atomic E-state index is 14.0. The first-order valence-corrected chi connectivity index (χ1v) is 16.7. The van der Waals surface area contributed by atoms with E-state index in [0.29, 0.717) is 35.3 Å². The van der Waals surface area contributed by atoms with E-state index in [1.807, 2.05) is 42.5 Å². The molecule has 2 aromatic rings. The molecule has 5 aliphatic rings. The van der Waals surface area contributed by atoms with Gasteiger partial charge in [0.15, 0.2) is 0 Å². The fourth-order valence-corrected chi connectivity index (χ4v) is 8.65. The van der Waals surface area contributed by atoms with Crippen LogP contribution in [0, 0.1) is 29.1 Å². The number of hydrogen-bond acceptors (Lipinski definition) is 7. The molecule has 244 valence electrons. The van der Waals surface area contributed by atoms with Crippen LogP contribution in [0.4, 0.5) is 0 Å². The van der Waals surface area contributed by atoms with Gasteiger partial charge in [-0.15, -0.1) is 0 Å². The number of carbonyl (C=O) groups excluding carboxylic acids is 2. The van der Waals surface area contributed by atoms with Gasteiger partial charge < -0.3 is 25.7 Å². The highest BCUT2D eigenvalue weighted by atomic mass is 16.7.